The van der Waals surface area contributed by atoms with E-state index in [-0.39, 0.29) is 18.6 Å². The molecule has 0 aromatic heterocycles. The van der Waals surface area contributed by atoms with E-state index >= 15 is 0 Å². The van der Waals surface area contributed by atoms with Crippen LogP contribution in [0.3, 0.4) is 0 Å². The van der Waals surface area contributed by atoms with Crippen LogP contribution in [0.2, 0.25) is 0 Å². The highest BCUT2D eigenvalue weighted by Crippen LogP contribution is 2.03. The number of aliphatic carboxylic acids is 1. The Morgan fingerprint density at radius 1 is 1.22 bits per heavy atom. The monoisotopic (exact) mass is 249 g/mol. The van der Waals surface area contributed by atoms with E-state index in [2.05, 4.69) is 5.32 Å². The van der Waals surface area contributed by atoms with E-state index in [9.17, 15) is 14.4 Å². The summed E-state index contributed by atoms with van der Waals surface area (Å²) < 4.78 is 0. The van der Waals surface area contributed by atoms with Crippen molar-refractivity contribution in [2.45, 2.75) is 25.8 Å². The molecule has 0 radical (unpaired) electrons. The maximum absolute atomic E-state index is 11.4. The van der Waals surface area contributed by atoms with E-state index in [1.165, 1.54) is 6.92 Å². The van der Waals surface area contributed by atoms with Gasteiger partial charge in [0, 0.05) is 6.42 Å². The average molecular weight is 249 g/mol. The van der Waals surface area contributed by atoms with Gasteiger partial charge in [0.2, 0.25) is 5.91 Å². The number of Topliss-reactive ketones (excluding diaryl/α,β-unsaturated/α-hetero) is 1. The third kappa shape index (κ3) is 4.78. The third-order valence-corrected chi connectivity index (χ3v) is 2.33. The van der Waals surface area contributed by atoms with E-state index in [4.69, 9.17) is 5.11 Å². The molecular formula is C13H15NO4. The summed E-state index contributed by atoms with van der Waals surface area (Å²) in [5.74, 6) is -1.97. The van der Waals surface area contributed by atoms with Gasteiger partial charge in [-0.25, -0.2) is 4.79 Å². The van der Waals surface area contributed by atoms with Crippen molar-refractivity contribution in [3.63, 3.8) is 0 Å². The van der Waals surface area contributed by atoms with Crippen LogP contribution in [0.4, 0.5) is 0 Å². The number of ketones is 1. The predicted octanol–water partition coefficient (Wildman–Crippen LogP) is 0.778. The lowest BCUT2D eigenvalue weighted by molar-refractivity contribution is -0.142. The first-order valence-corrected chi connectivity index (χ1v) is 5.54. The van der Waals surface area contributed by atoms with Crippen molar-refractivity contribution < 1.29 is 19.5 Å². The molecular weight excluding hydrogens is 234 g/mol. The van der Waals surface area contributed by atoms with Crippen LogP contribution in [-0.4, -0.2) is 28.8 Å². The van der Waals surface area contributed by atoms with Crippen LogP contribution in [-0.2, 0) is 20.8 Å². The SMILES string of the molecule is CC(=O)CC(=O)N[C@H](Cc1ccccc1)C(=O)O. The second-order valence-corrected chi connectivity index (χ2v) is 4.03. The standard InChI is InChI=1S/C13H15NO4/c1-9(15)7-12(16)14-11(13(17)18)8-10-5-3-2-4-6-10/h2-6,11H,7-8H2,1H3,(H,14,16)(H,17,18)/t11-/m1/s1. The fourth-order valence-corrected chi connectivity index (χ4v) is 1.52. The fraction of sp³-hybridized carbons (Fsp3) is 0.308. The van der Waals surface area contributed by atoms with Crippen LogP contribution in [0.5, 0.6) is 0 Å². The summed E-state index contributed by atoms with van der Waals surface area (Å²) >= 11 is 0. The first kappa shape index (κ1) is 13.9. The summed E-state index contributed by atoms with van der Waals surface area (Å²) in [6.07, 6.45) is -0.0988. The van der Waals surface area contributed by atoms with Gasteiger partial charge >= 0.3 is 5.97 Å². The lowest BCUT2D eigenvalue weighted by atomic mass is 10.1. The van der Waals surface area contributed by atoms with Gasteiger partial charge < -0.3 is 10.4 Å². The molecule has 96 valence electrons. The van der Waals surface area contributed by atoms with Crippen molar-refractivity contribution in [3.8, 4) is 0 Å². The zero-order chi connectivity index (χ0) is 13.5. The number of rotatable bonds is 6. The Bertz CT molecular complexity index is 442. The van der Waals surface area contributed by atoms with Crippen LogP contribution in [0.25, 0.3) is 0 Å². The highest BCUT2D eigenvalue weighted by Gasteiger charge is 2.20. The van der Waals surface area contributed by atoms with E-state index in [1.54, 1.807) is 24.3 Å². The molecule has 0 aliphatic rings. The van der Waals surface area contributed by atoms with Crippen LogP contribution in [0.1, 0.15) is 18.9 Å². The summed E-state index contributed by atoms with van der Waals surface area (Å²) in [6.45, 7) is 1.28. The number of benzene rings is 1. The lowest BCUT2D eigenvalue weighted by Gasteiger charge is -2.14. The molecule has 0 heterocycles. The molecule has 0 aliphatic carbocycles. The largest absolute Gasteiger partial charge is 0.480 e. The molecule has 0 saturated carbocycles. The summed E-state index contributed by atoms with van der Waals surface area (Å²) in [5, 5.41) is 11.4. The molecule has 0 aliphatic heterocycles. The van der Waals surface area contributed by atoms with Gasteiger partial charge in [0.25, 0.3) is 0 Å². The normalized spacial score (nSPS) is 11.6. The van der Waals surface area contributed by atoms with Crippen molar-refractivity contribution in [3.05, 3.63) is 35.9 Å². The smallest absolute Gasteiger partial charge is 0.326 e. The summed E-state index contributed by atoms with van der Waals surface area (Å²) in [4.78, 5) is 33.1. The number of nitrogens with one attached hydrogen (secondary N) is 1. The van der Waals surface area contributed by atoms with E-state index in [0.717, 1.165) is 5.56 Å². The first-order chi connectivity index (χ1) is 8.49. The number of amides is 1. The van der Waals surface area contributed by atoms with Gasteiger partial charge in [0.1, 0.15) is 11.8 Å². The van der Waals surface area contributed by atoms with Gasteiger partial charge in [0.15, 0.2) is 0 Å². The molecule has 5 nitrogen and oxygen atoms in total. The molecule has 0 fully saturated rings. The molecule has 1 amide bonds. The minimum Gasteiger partial charge on any atom is -0.480 e. The first-order valence-electron chi connectivity index (χ1n) is 5.54. The van der Waals surface area contributed by atoms with Gasteiger partial charge in [0.05, 0.1) is 6.42 Å². The fourth-order valence-electron chi connectivity index (χ4n) is 1.52. The topological polar surface area (TPSA) is 83.5 Å². The Balaban J connectivity index is 2.64. The Kier molecular flexibility index (Phi) is 5.05. The van der Waals surface area contributed by atoms with Crippen molar-refractivity contribution in [1.29, 1.82) is 0 Å². The summed E-state index contributed by atoms with van der Waals surface area (Å²) in [7, 11) is 0. The second-order valence-electron chi connectivity index (χ2n) is 4.03. The zero-order valence-corrected chi connectivity index (χ0v) is 10.1. The average Bonchev–Trinajstić information content (AvgIpc) is 2.28. The number of hydrogen-bond donors (Lipinski definition) is 2. The van der Waals surface area contributed by atoms with Crippen molar-refractivity contribution in [2.24, 2.45) is 0 Å². The molecule has 0 saturated heterocycles. The maximum Gasteiger partial charge on any atom is 0.326 e. The zero-order valence-electron chi connectivity index (χ0n) is 10.1. The van der Waals surface area contributed by atoms with Gasteiger partial charge in [-0.2, -0.15) is 0 Å². The van der Waals surface area contributed by atoms with Crippen LogP contribution in [0.15, 0.2) is 30.3 Å². The number of carbonyl (C=O) groups excluding carboxylic acids is 2. The maximum atomic E-state index is 11.4. The van der Waals surface area contributed by atoms with Gasteiger partial charge in [-0.15, -0.1) is 0 Å². The third-order valence-electron chi connectivity index (χ3n) is 2.33. The lowest BCUT2D eigenvalue weighted by Crippen LogP contribution is -2.42. The number of hydrogen-bond acceptors (Lipinski definition) is 3. The van der Waals surface area contributed by atoms with E-state index in [0.29, 0.717) is 0 Å². The Hall–Kier alpha value is -2.17. The molecule has 0 spiro atoms. The predicted molar refractivity (Wildman–Crippen MR) is 65.0 cm³/mol. The van der Waals surface area contributed by atoms with Gasteiger partial charge in [-0.1, -0.05) is 30.3 Å². The Morgan fingerprint density at radius 2 is 1.83 bits per heavy atom. The number of carboxylic acids is 1. The van der Waals surface area contributed by atoms with Crippen LogP contribution in [0, 0.1) is 0 Å². The van der Waals surface area contributed by atoms with Gasteiger partial charge in [-0.05, 0) is 12.5 Å². The summed E-state index contributed by atoms with van der Waals surface area (Å²) in [6, 6.07) is 7.98. The second kappa shape index (κ2) is 6.54. The van der Waals surface area contributed by atoms with Crippen molar-refractivity contribution in [2.75, 3.05) is 0 Å². The van der Waals surface area contributed by atoms with Crippen molar-refractivity contribution >= 4 is 17.7 Å². The highest BCUT2D eigenvalue weighted by molar-refractivity contribution is 5.98. The van der Waals surface area contributed by atoms with Crippen LogP contribution < -0.4 is 5.32 Å². The molecule has 5 heteroatoms. The highest BCUT2D eigenvalue weighted by atomic mass is 16.4. The Morgan fingerprint density at radius 3 is 2.33 bits per heavy atom. The molecule has 0 unspecified atom stereocenters. The van der Waals surface area contributed by atoms with Crippen molar-refractivity contribution in [1.82, 2.24) is 5.32 Å². The van der Waals surface area contributed by atoms with Gasteiger partial charge in [-0.3, -0.25) is 9.59 Å². The number of carbonyl (C=O) groups is 3. The minimum atomic E-state index is -1.12. The molecule has 1 rings (SSSR count). The molecule has 1 aromatic carbocycles. The number of carboxylic acid groups (broad SMARTS) is 1. The van der Waals surface area contributed by atoms with Crippen LogP contribution >= 0.6 is 0 Å². The minimum absolute atomic E-state index is 0.194. The van der Waals surface area contributed by atoms with E-state index in [1.807, 2.05) is 6.07 Å². The molecule has 0 bridgehead atoms. The molecule has 1 atom stereocenters. The quantitative estimate of drug-likeness (QED) is 0.730. The molecule has 1 aromatic rings. The molecule has 18 heavy (non-hydrogen) atoms. The molecule has 2 N–H and O–H groups in total. The Labute approximate surface area is 105 Å². The summed E-state index contributed by atoms with van der Waals surface area (Å²) in [5.41, 5.74) is 0.813. The van der Waals surface area contributed by atoms with E-state index < -0.39 is 17.9 Å².